The van der Waals surface area contributed by atoms with Crippen molar-refractivity contribution in [1.29, 1.82) is 0 Å². The van der Waals surface area contributed by atoms with Crippen LogP contribution in [0.25, 0.3) is 0 Å². The lowest BCUT2D eigenvalue weighted by Gasteiger charge is -2.29. The Hall–Kier alpha value is -0.640. The number of amides is 2. The Labute approximate surface area is 146 Å². The molecule has 0 aromatic heterocycles. The first-order chi connectivity index (χ1) is 11.1. The molecule has 0 radical (unpaired) electrons. The van der Waals surface area contributed by atoms with Gasteiger partial charge < -0.3 is 20.6 Å². The minimum atomic E-state index is -4.19. The van der Waals surface area contributed by atoms with Crippen LogP contribution >= 0.6 is 19.6 Å². The maximum atomic E-state index is 11.9. The number of phosphoric acid groups is 1. The summed E-state index contributed by atoms with van der Waals surface area (Å²) < 4.78 is 20.2. The molecule has 0 spiro atoms. The number of carbonyl (C=O) groups is 2. The Morgan fingerprint density at radius 2 is 1.92 bits per heavy atom. The molecule has 4 N–H and O–H groups in total. The fourth-order valence-corrected chi connectivity index (χ4v) is 2.42. The van der Waals surface area contributed by atoms with Gasteiger partial charge in [0.15, 0.2) is 0 Å². The van der Waals surface area contributed by atoms with Gasteiger partial charge in [-0.2, -0.15) is 11.8 Å². The number of aliphatic hydroxyl groups is 1. The highest BCUT2D eigenvalue weighted by Gasteiger charge is 2.36. The molecular weight excluding hydrogens is 359 g/mol. The van der Waals surface area contributed by atoms with Gasteiger partial charge in [-0.15, -0.1) is 0 Å². The van der Waals surface area contributed by atoms with Crippen molar-refractivity contribution < 1.29 is 33.2 Å². The number of hydrogen-bond acceptors (Lipinski definition) is 7. The van der Waals surface area contributed by atoms with Gasteiger partial charge in [0.1, 0.15) is 6.10 Å². The van der Waals surface area contributed by atoms with Gasteiger partial charge in [0, 0.05) is 37.8 Å². The normalized spacial score (nSPS) is 15.4. The average Bonchev–Trinajstić information content (AvgIpc) is 2.52. The van der Waals surface area contributed by atoms with E-state index in [0.29, 0.717) is 6.54 Å². The molecule has 9 nitrogen and oxygen atoms in total. The zero-order valence-electron chi connectivity index (χ0n) is 14.4. The SMILES string of the molecule is COP(=O)(O)OCC(C)(C)C(O)C(=O)NCCC(=O)NCCSC. The topological polar surface area (TPSA) is 134 Å². The predicted molar refractivity (Wildman–Crippen MR) is 91.6 cm³/mol. The summed E-state index contributed by atoms with van der Waals surface area (Å²) in [7, 11) is -3.17. The molecule has 142 valence electrons. The fraction of sp³-hybridized carbons (Fsp3) is 0.846. The summed E-state index contributed by atoms with van der Waals surface area (Å²) in [6.45, 7) is 3.28. The van der Waals surface area contributed by atoms with Crippen molar-refractivity contribution in [1.82, 2.24) is 10.6 Å². The first-order valence-corrected chi connectivity index (χ1v) is 10.2. The molecule has 24 heavy (non-hydrogen) atoms. The second kappa shape index (κ2) is 11.1. The first-order valence-electron chi connectivity index (χ1n) is 7.30. The molecule has 2 amide bonds. The number of rotatable bonds is 12. The van der Waals surface area contributed by atoms with Crippen molar-refractivity contribution in [2.75, 3.05) is 38.8 Å². The van der Waals surface area contributed by atoms with Crippen molar-refractivity contribution in [3.05, 3.63) is 0 Å². The van der Waals surface area contributed by atoms with E-state index in [1.165, 1.54) is 13.8 Å². The van der Waals surface area contributed by atoms with Crippen molar-refractivity contribution in [3.63, 3.8) is 0 Å². The van der Waals surface area contributed by atoms with Gasteiger partial charge in [0.05, 0.1) is 6.61 Å². The maximum Gasteiger partial charge on any atom is 0.471 e. The third-order valence-electron chi connectivity index (χ3n) is 3.10. The molecular formula is C13H27N2O7PS. The lowest BCUT2D eigenvalue weighted by molar-refractivity contribution is -0.137. The molecule has 0 heterocycles. The molecule has 0 aliphatic carbocycles. The highest BCUT2D eigenvalue weighted by Crippen LogP contribution is 2.43. The van der Waals surface area contributed by atoms with Gasteiger partial charge in [-0.25, -0.2) is 4.57 Å². The van der Waals surface area contributed by atoms with Crippen molar-refractivity contribution in [3.8, 4) is 0 Å². The summed E-state index contributed by atoms with van der Waals surface area (Å²) in [5.74, 6) is -0.0743. The minimum Gasteiger partial charge on any atom is -0.383 e. The number of aliphatic hydroxyl groups excluding tert-OH is 1. The molecule has 11 heteroatoms. The van der Waals surface area contributed by atoms with Crippen LogP contribution in [-0.2, 0) is 23.2 Å². The highest BCUT2D eigenvalue weighted by atomic mass is 32.2. The number of thioether (sulfide) groups is 1. The van der Waals surface area contributed by atoms with E-state index >= 15 is 0 Å². The summed E-state index contributed by atoms with van der Waals surface area (Å²) >= 11 is 1.61. The van der Waals surface area contributed by atoms with Crippen molar-refractivity contribution in [2.24, 2.45) is 5.41 Å². The van der Waals surface area contributed by atoms with E-state index in [9.17, 15) is 24.2 Å². The quantitative estimate of drug-likeness (QED) is 0.275. The number of nitrogens with one attached hydrogen (secondary N) is 2. The standard InChI is InChI=1S/C13H27N2O7PS/c1-13(2,9-22-23(19,20)21-3)11(17)12(18)15-6-5-10(16)14-7-8-24-4/h11,17H,5-9H2,1-4H3,(H,14,16)(H,15,18)(H,19,20). The summed E-state index contributed by atoms with van der Waals surface area (Å²) in [4.78, 5) is 32.6. The van der Waals surface area contributed by atoms with E-state index in [2.05, 4.69) is 15.2 Å². The first kappa shape index (κ1) is 23.4. The number of carbonyl (C=O) groups excluding carboxylic acids is 2. The monoisotopic (exact) mass is 386 g/mol. The average molecular weight is 386 g/mol. The number of hydrogen-bond donors (Lipinski definition) is 4. The van der Waals surface area contributed by atoms with Crippen LogP contribution in [0.5, 0.6) is 0 Å². The van der Waals surface area contributed by atoms with Gasteiger partial charge in [-0.1, -0.05) is 13.8 Å². The minimum absolute atomic E-state index is 0.0779. The lowest BCUT2D eigenvalue weighted by Crippen LogP contribution is -2.46. The van der Waals surface area contributed by atoms with Gasteiger partial charge in [-0.3, -0.25) is 18.6 Å². The lowest BCUT2D eigenvalue weighted by atomic mass is 9.87. The van der Waals surface area contributed by atoms with Crippen LogP contribution in [0.1, 0.15) is 20.3 Å². The van der Waals surface area contributed by atoms with Crippen LogP contribution < -0.4 is 10.6 Å². The second-order valence-corrected chi connectivity index (χ2v) is 8.25. The molecule has 0 aromatic rings. The fourth-order valence-electron chi connectivity index (χ4n) is 1.51. The summed E-state index contributed by atoms with van der Waals surface area (Å²) in [6.07, 6.45) is 0.551. The van der Waals surface area contributed by atoms with E-state index in [-0.39, 0.29) is 25.5 Å². The van der Waals surface area contributed by atoms with E-state index in [0.717, 1.165) is 12.9 Å². The Kier molecular flexibility index (Phi) is 10.8. The van der Waals surface area contributed by atoms with E-state index in [1.54, 1.807) is 11.8 Å². The molecule has 0 aliphatic heterocycles. The van der Waals surface area contributed by atoms with E-state index in [1.807, 2.05) is 6.26 Å². The van der Waals surface area contributed by atoms with E-state index in [4.69, 9.17) is 4.52 Å². The van der Waals surface area contributed by atoms with Crippen LogP contribution in [0.15, 0.2) is 0 Å². The van der Waals surface area contributed by atoms with Crippen molar-refractivity contribution >= 4 is 31.4 Å². The molecule has 0 aliphatic rings. The van der Waals surface area contributed by atoms with Crippen LogP contribution in [0.2, 0.25) is 0 Å². The Bertz CT molecular complexity index is 462. The number of phosphoric ester groups is 1. The Morgan fingerprint density at radius 1 is 1.29 bits per heavy atom. The summed E-state index contributed by atoms with van der Waals surface area (Å²) in [5, 5.41) is 15.2. The third kappa shape index (κ3) is 9.61. The summed E-state index contributed by atoms with van der Waals surface area (Å²) in [6, 6.07) is 0. The predicted octanol–water partition coefficient (Wildman–Crippen LogP) is 0.122. The molecule has 2 atom stereocenters. The molecule has 0 rings (SSSR count). The third-order valence-corrected chi connectivity index (χ3v) is 4.63. The van der Waals surface area contributed by atoms with Gasteiger partial charge in [0.25, 0.3) is 0 Å². The Balaban J connectivity index is 4.25. The van der Waals surface area contributed by atoms with Crippen LogP contribution in [0, 0.1) is 5.41 Å². The van der Waals surface area contributed by atoms with Crippen LogP contribution in [-0.4, -0.2) is 66.7 Å². The second-order valence-electron chi connectivity index (χ2n) is 5.70. The summed E-state index contributed by atoms with van der Waals surface area (Å²) in [5.41, 5.74) is -1.12. The molecule has 0 aromatic carbocycles. The highest BCUT2D eigenvalue weighted by molar-refractivity contribution is 7.98. The van der Waals surface area contributed by atoms with Gasteiger partial charge in [0.2, 0.25) is 11.8 Å². The molecule has 0 saturated heterocycles. The molecule has 0 saturated carbocycles. The van der Waals surface area contributed by atoms with Crippen LogP contribution in [0.4, 0.5) is 0 Å². The van der Waals surface area contributed by atoms with Gasteiger partial charge >= 0.3 is 7.82 Å². The van der Waals surface area contributed by atoms with E-state index < -0.39 is 25.2 Å². The van der Waals surface area contributed by atoms with Gasteiger partial charge in [-0.05, 0) is 6.26 Å². The molecule has 2 unspecified atom stereocenters. The molecule has 0 bridgehead atoms. The van der Waals surface area contributed by atoms with Crippen molar-refractivity contribution in [2.45, 2.75) is 26.4 Å². The zero-order valence-corrected chi connectivity index (χ0v) is 16.1. The Morgan fingerprint density at radius 3 is 2.46 bits per heavy atom. The molecule has 0 fully saturated rings. The zero-order chi connectivity index (χ0) is 18.8. The smallest absolute Gasteiger partial charge is 0.383 e. The largest absolute Gasteiger partial charge is 0.471 e. The van der Waals surface area contributed by atoms with Crippen LogP contribution in [0.3, 0.4) is 0 Å². The maximum absolute atomic E-state index is 11.9.